The molecule has 0 aliphatic heterocycles. The number of hydrogen-bond donors (Lipinski definition) is 2. The van der Waals surface area contributed by atoms with Crippen molar-refractivity contribution in [2.45, 2.75) is 6.18 Å². The summed E-state index contributed by atoms with van der Waals surface area (Å²) in [6, 6.07) is 3.18. The minimum atomic E-state index is -4.45. The molecule has 1 rings (SSSR count). The van der Waals surface area contributed by atoms with Gasteiger partial charge in [0.2, 0.25) is 0 Å². The van der Waals surface area contributed by atoms with Crippen LogP contribution in [0.1, 0.15) is 11.1 Å². The lowest BCUT2D eigenvalue weighted by molar-refractivity contribution is -0.137. The van der Waals surface area contributed by atoms with E-state index in [-0.39, 0.29) is 5.56 Å². The van der Waals surface area contributed by atoms with Gasteiger partial charge < -0.3 is 15.4 Å². The Labute approximate surface area is 109 Å². The number of halogens is 3. The second-order valence-electron chi connectivity index (χ2n) is 4.06. The molecular weight excluding hydrogens is 259 g/mol. The lowest BCUT2D eigenvalue weighted by Gasteiger charge is -2.22. The highest BCUT2D eigenvalue weighted by molar-refractivity contribution is 6.00. The molecule has 3 N–H and O–H groups in total. The summed E-state index contributed by atoms with van der Waals surface area (Å²) in [6.45, 7) is 0.914. The van der Waals surface area contributed by atoms with Crippen LogP contribution in [0.25, 0.3) is 0 Å². The van der Waals surface area contributed by atoms with Crippen LogP contribution in [0.4, 0.5) is 18.9 Å². The van der Waals surface area contributed by atoms with Crippen molar-refractivity contribution in [2.24, 2.45) is 5.73 Å². The first-order chi connectivity index (χ1) is 8.77. The van der Waals surface area contributed by atoms with E-state index >= 15 is 0 Å². The largest absolute Gasteiger partial charge is 0.416 e. The van der Waals surface area contributed by atoms with Gasteiger partial charge in [-0.25, -0.2) is 0 Å². The Morgan fingerprint density at radius 2 is 2.05 bits per heavy atom. The van der Waals surface area contributed by atoms with Gasteiger partial charge in [-0.2, -0.15) is 13.2 Å². The number of ether oxygens (including phenoxy) is 1. The molecule has 0 fully saturated rings. The summed E-state index contributed by atoms with van der Waals surface area (Å²) in [7, 11) is 3.24. The number of nitrogens with zero attached hydrogens (tertiary/aromatic N) is 1. The molecule has 0 saturated heterocycles. The zero-order valence-electron chi connectivity index (χ0n) is 10.7. The number of nitrogens with one attached hydrogen (secondary N) is 1. The van der Waals surface area contributed by atoms with Gasteiger partial charge >= 0.3 is 6.18 Å². The molecule has 0 aliphatic rings. The van der Waals surface area contributed by atoms with Crippen molar-refractivity contribution in [3.63, 3.8) is 0 Å². The number of alkyl halides is 3. The van der Waals surface area contributed by atoms with Gasteiger partial charge in [-0.05, 0) is 18.2 Å². The number of nitrogens with two attached hydrogens (primary N) is 1. The van der Waals surface area contributed by atoms with Crippen LogP contribution in [0, 0.1) is 5.41 Å². The van der Waals surface area contributed by atoms with Crippen molar-refractivity contribution in [3.05, 3.63) is 29.3 Å². The van der Waals surface area contributed by atoms with Crippen LogP contribution in [0.15, 0.2) is 18.2 Å². The van der Waals surface area contributed by atoms with E-state index in [4.69, 9.17) is 15.9 Å². The summed E-state index contributed by atoms with van der Waals surface area (Å²) in [4.78, 5) is 1.69. The number of nitrogen functional groups attached to an aromatic ring is 1. The third kappa shape index (κ3) is 3.85. The van der Waals surface area contributed by atoms with Gasteiger partial charge in [-0.3, -0.25) is 5.41 Å². The fraction of sp³-hybridized carbons (Fsp3) is 0.417. The standard InChI is InChI=1S/C12H16F3N3O/c1-18(5-6-19-2)10-4-3-8(12(13,14)15)7-9(10)11(16)17/h3-4,7H,5-6H2,1-2H3,(H3,16,17). The molecule has 0 heterocycles. The zero-order valence-corrected chi connectivity index (χ0v) is 10.7. The summed E-state index contributed by atoms with van der Waals surface area (Å²) < 4.78 is 42.8. The van der Waals surface area contributed by atoms with Crippen molar-refractivity contribution in [1.82, 2.24) is 0 Å². The Bertz CT molecular complexity index is 460. The van der Waals surface area contributed by atoms with Crippen LogP contribution in [-0.2, 0) is 10.9 Å². The lowest BCUT2D eigenvalue weighted by Crippen LogP contribution is -2.26. The maximum atomic E-state index is 12.6. The first kappa shape index (κ1) is 15.3. The van der Waals surface area contributed by atoms with Gasteiger partial charge in [0.15, 0.2) is 0 Å². The van der Waals surface area contributed by atoms with Crippen molar-refractivity contribution in [1.29, 1.82) is 5.41 Å². The highest BCUT2D eigenvalue weighted by Crippen LogP contribution is 2.32. The Morgan fingerprint density at radius 3 is 2.53 bits per heavy atom. The number of rotatable bonds is 5. The topological polar surface area (TPSA) is 62.3 Å². The maximum absolute atomic E-state index is 12.6. The normalized spacial score (nSPS) is 11.4. The minimum Gasteiger partial charge on any atom is -0.384 e. The monoisotopic (exact) mass is 275 g/mol. The molecule has 1 aromatic rings. The van der Waals surface area contributed by atoms with E-state index in [1.807, 2.05) is 0 Å². The highest BCUT2D eigenvalue weighted by atomic mass is 19.4. The van der Waals surface area contributed by atoms with Gasteiger partial charge in [0.05, 0.1) is 12.2 Å². The summed E-state index contributed by atoms with van der Waals surface area (Å²) >= 11 is 0. The van der Waals surface area contributed by atoms with Crippen LogP contribution in [0.5, 0.6) is 0 Å². The Balaban J connectivity index is 3.15. The number of benzene rings is 1. The molecular formula is C12H16F3N3O. The fourth-order valence-corrected chi connectivity index (χ4v) is 1.61. The third-order valence-corrected chi connectivity index (χ3v) is 2.66. The second kappa shape index (κ2) is 5.92. The minimum absolute atomic E-state index is 0.0634. The molecule has 0 aromatic heterocycles. The molecule has 1 aromatic carbocycles. The second-order valence-corrected chi connectivity index (χ2v) is 4.06. The number of methoxy groups -OCH3 is 1. The van der Waals surface area contributed by atoms with Gasteiger partial charge in [-0.1, -0.05) is 0 Å². The average Bonchev–Trinajstić information content (AvgIpc) is 2.34. The quantitative estimate of drug-likeness (QED) is 0.639. The SMILES string of the molecule is COCCN(C)c1ccc(C(F)(F)F)cc1C(=N)N. The molecule has 106 valence electrons. The van der Waals surface area contributed by atoms with Crippen LogP contribution < -0.4 is 10.6 Å². The van der Waals surface area contributed by atoms with E-state index in [1.165, 1.54) is 13.2 Å². The number of likely N-dealkylation sites (N-methyl/N-ethyl adjacent to an activating group) is 1. The Kier molecular flexibility index (Phi) is 4.77. The van der Waals surface area contributed by atoms with E-state index < -0.39 is 17.6 Å². The molecule has 0 bridgehead atoms. The maximum Gasteiger partial charge on any atom is 0.416 e. The number of hydrogen-bond acceptors (Lipinski definition) is 3. The first-order valence-corrected chi connectivity index (χ1v) is 5.53. The van der Waals surface area contributed by atoms with Crippen molar-refractivity contribution in [3.8, 4) is 0 Å². The highest BCUT2D eigenvalue weighted by Gasteiger charge is 2.31. The number of amidine groups is 1. The summed E-state index contributed by atoms with van der Waals surface area (Å²) in [5.74, 6) is -0.398. The summed E-state index contributed by atoms with van der Waals surface area (Å²) in [5, 5.41) is 7.40. The molecule has 0 amide bonds. The first-order valence-electron chi connectivity index (χ1n) is 5.53. The molecule has 0 spiro atoms. The van der Waals surface area contributed by atoms with E-state index in [2.05, 4.69) is 0 Å². The number of anilines is 1. The third-order valence-electron chi connectivity index (χ3n) is 2.66. The molecule has 0 atom stereocenters. The van der Waals surface area contributed by atoms with Gasteiger partial charge in [-0.15, -0.1) is 0 Å². The average molecular weight is 275 g/mol. The van der Waals surface area contributed by atoms with Gasteiger partial charge in [0.1, 0.15) is 5.84 Å². The van der Waals surface area contributed by atoms with Crippen molar-refractivity contribution < 1.29 is 17.9 Å². The van der Waals surface area contributed by atoms with Crippen LogP contribution in [0.3, 0.4) is 0 Å². The van der Waals surface area contributed by atoms with Crippen LogP contribution in [0.2, 0.25) is 0 Å². The van der Waals surface area contributed by atoms with Crippen LogP contribution >= 0.6 is 0 Å². The Morgan fingerprint density at radius 1 is 1.42 bits per heavy atom. The molecule has 0 saturated carbocycles. The summed E-state index contributed by atoms with van der Waals surface area (Å²) in [6.07, 6.45) is -4.45. The fourth-order valence-electron chi connectivity index (χ4n) is 1.61. The zero-order chi connectivity index (χ0) is 14.6. The van der Waals surface area contributed by atoms with E-state index in [0.717, 1.165) is 12.1 Å². The summed E-state index contributed by atoms with van der Waals surface area (Å²) in [5.41, 5.74) is 5.07. The molecule has 0 radical (unpaired) electrons. The van der Waals surface area contributed by atoms with E-state index in [0.29, 0.717) is 18.8 Å². The van der Waals surface area contributed by atoms with E-state index in [1.54, 1.807) is 11.9 Å². The molecule has 0 aliphatic carbocycles. The molecule has 7 heteroatoms. The Hall–Kier alpha value is -1.76. The van der Waals surface area contributed by atoms with E-state index in [9.17, 15) is 13.2 Å². The van der Waals surface area contributed by atoms with Gasteiger partial charge in [0, 0.05) is 32.0 Å². The van der Waals surface area contributed by atoms with Crippen molar-refractivity contribution >= 4 is 11.5 Å². The van der Waals surface area contributed by atoms with Crippen LogP contribution in [-0.4, -0.2) is 33.1 Å². The van der Waals surface area contributed by atoms with Gasteiger partial charge in [0.25, 0.3) is 0 Å². The molecule has 19 heavy (non-hydrogen) atoms. The molecule has 4 nitrogen and oxygen atoms in total. The van der Waals surface area contributed by atoms with Crippen molar-refractivity contribution in [2.75, 3.05) is 32.2 Å². The molecule has 0 unspecified atom stereocenters. The predicted octanol–water partition coefficient (Wildman–Crippen LogP) is 2.07. The lowest BCUT2D eigenvalue weighted by atomic mass is 10.1. The predicted molar refractivity (Wildman–Crippen MR) is 67.6 cm³/mol. The smallest absolute Gasteiger partial charge is 0.384 e.